The van der Waals surface area contributed by atoms with Gasteiger partial charge in [0.05, 0.1) is 25.2 Å². The molecule has 0 unspecified atom stereocenters. The van der Waals surface area contributed by atoms with Crippen molar-refractivity contribution in [3.63, 3.8) is 0 Å². The normalized spacial score (nSPS) is 11.7. The molecule has 1 N–H and O–H groups in total. The number of ether oxygens (including phenoxy) is 1. The van der Waals surface area contributed by atoms with Gasteiger partial charge in [0, 0.05) is 12.2 Å². The van der Waals surface area contributed by atoms with Crippen molar-refractivity contribution in [1.29, 1.82) is 0 Å². The molecule has 160 valence electrons. The quantitative estimate of drug-likeness (QED) is 0.519. The van der Waals surface area contributed by atoms with E-state index < -0.39 is 16.0 Å². The van der Waals surface area contributed by atoms with Crippen LogP contribution in [0.3, 0.4) is 0 Å². The molecular weight excluding hydrogens is 404 g/mol. The van der Waals surface area contributed by atoms with Gasteiger partial charge in [-0.3, -0.25) is 0 Å². The number of esters is 1. The SMILES string of the molecule is CCOC(=O)c1[nH]c(C)c(CN(Cc2ccco2)S(=O)(=O)Cc2ccccc2)c1C. The van der Waals surface area contributed by atoms with Gasteiger partial charge in [0.2, 0.25) is 10.0 Å². The Bertz CT molecular complexity index is 1090. The van der Waals surface area contributed by atoms with Crippen molar-refractivity contribution in [2.45, 2.75) is 39.6 Å². The Balaban J connectivity index is 1.93. The molecule has 3 aromatic rings. The second-order valence-electron chi connectivity index (χ2n) is 7.04. The van der Waals surface area contributed by atoms with Gasteiger partial charge in [-0.1, -0.05) is 30.3 Å². The molecule has 2 aromatic heterocycles. The Morgan fingerprint density at radius 2 is 1.83 bits per heavy atom. The van der Waals surface area contributed by atoms with Gasteiger partial charge >= 0.3 is 5.97 Å². The summed E-state index contributed by atoms with van der Waals surface area (Å²) in [6, 6.07) is 12.5. The van der Waals surface area contributed by atoms with Crippen molar-refractivity contribution < 1.29 is 22.4 Å². The van der Waals surface area contributed by atoms with E-state index in [9.17, 15) is 13.2 Å². The molecule has 0 bridgehead atoms. The van der Waals surface area contributed by atoms with E-state index in [0.717, 1.165) is 11.3 Å². The number of aryl methyl sites for hydroxylation is 1. The number of rotatable bonds is 9. The lowest BCUT2D eigenvalue weighted by Gasteiger charge is -2.22. The molecule has 0 aliphatic rings. The molecule has 1 aromatic carbocycles. The summed E-state index contributed by atoms with van der Waals surface area (Å²) in [5.41, 5.74) is 3.22. The fourth-order valence-corrected chi connectivity index (χ4v) is 4.76. The molecule has 0 atom stereocenters. The molecule has 0 radical (unpaired) electrons. The van der Waals surface area contributed by atoms with Crippen LogP contribution in [0.4, 0.5) is 0 Å². The van der Waals surface area contributed by atoms with Crippen molar-refractivity contribution in [3.05, 3.63) is 82.6 Å². The lowest BCUT2D eigenvalue weighted by Crippen LogP contribution is -2.31. The highest BCUT2D eigenvalue weighted by Gasteiger charge is 2.27. The van der Waals surface area contributed by atoms with Crippen LogP contribution in [0.25, 0.3) is 0 Å². The van der Waals surface area contributed by atoms with E-state index in [4.69, 9.17) is 9.15 Å². The Morgan fingerprint density at radius 3 is 2.47 bits per heavy atom. The van der Waals surface area contributed by atoms with Crippen LogP contribution in [0.1, 0.15) is 45.6 Å². The third-order valence-corrected chi connectivity index (χ3v) is 6.65. The van der Waals surface area contributed by atoms with Crippen LogP contribution in [0.2, 0.25) is 0 Å². The monoisotopic (exact) mass is 430 g/mol. The number of aromatic amines is 1. The molecule has 0 aliphatic heterocycles. The van der Waals surface area contributed by atoms with Crippen molar-refractivity contribution in [3.8, 4) is 0 Å². The minimum absolute atomic E-state index is 0.0982. The van der Waals surface area contributed by atoms with Gasteiger partial charge in [-0.05, 0) is 49.6 Å². The summed E-state index contributed by atoms with van der Waals surface area (Å²) in [4.78, 5) is 15.3. The first-order chi connectivity index (χ1) is 14.3. The molecule has 30 heavy (non-hydrogen) atoms. The van der Waals surface area contributed by atoms with Crippen molar-refractivity contribution >= 4 is 16.0 Å². The summed E-state index contributed by atoms with van der Waals surface area (Å²) in [5, 5.41) is 0. The van der Waals surface area contributed by atoms with Gasteiger partial charge in [-0.15, -0.1) is 0 Å². The van der Waals surface area contributed by atoms with E-state index in [1.165, 1.54) is 10.6 Å². The lowest BCUT2D eigenvalue weighted by molar-refractivity contribution is 0.0519. The van der Waals surface area contributed by atoms with Crippen LogP contribution in [0.15, 0.2) is 53.1 Å². The average molecular weight is 431 g/mol. The van der Waals surface area contributed by atoms with Gasteiger partial charge in [-0.25, -0.2) is 13.2 Å². The number of nitrogens with one attached hydrogen (secondary N) is 1. The lowest BCUT2D eigenvalue weighted by atomic mass is 10.1. The fourth-order valence-electron chi connectivity index (χ4n) is 3.31. The smallest absolute Gasteiger partial charge is 0.355 e. The zero-order valence-electron chi connectivity index (χ0n) is 17.3. The number of furan rings is 1. The number of nitrogens with zero attached hydrogens (tertiary/aromatic N) is 1. The zero-order chi connectivity index (χ0) is 21.7. The van der Waals surface area contributed by atoms with Crippen LogP contribution < -0.4 is 0 Å². The minimum Gasteiger partial charge on any atom is -0.468 e. The van der Waals surface area contributed by atoms with Crippen molar-refractivity contribution in [2.24, 2.45) is 0 Å². The highest BCUT2D eigenvalue weighted by atomic mass is 32.2. The summed E-state index contributed by atoms with van der Waals surface area (Å²) in [6.07, 6.45) is 1.52. The summed E-state index contributed by atoms with van der Waals surface area (Å²) >= 11 is 0. The first-order valence-corrected chi connectivity index (χ1v) is 11.3. The van der Waals surface area contributed by atoms with E-state index >= 15 is 0 Å². The molecule has 0 saturated heterocycles. The highest BCUT2D eigenvalue weighted by Crippen LogP contribution is 2.24. The molecule has 3 rings (SSSR count). The molecule has 7 nitrogen and oxygen atoms in total. The fraction of sp³-hybridized carbons (Fsp3) is 0.318. The zero-order valence-corrected chi connectivity index (χ0v) is 18.2. The van der Waals surface area contributed by atoms with Crippen LogP contribution in [0, 0.1) is 13.8 Å². The predicted molar refractivity (Wildman–Crippen MR) is 113 cm³/mol. The summed E-state index contributed by atoms with van der Waals surface area (Å²) in [5.74, 6) is -0.0286. The number of carbonyl (C=O) groups excluding carboxylic acids is 1. The summed E-state index contributed by atoms with van der Waals surface area (Å²) < 4.78 is 38.4. The van der Waals surface area contributed by atoms with E-state index in [1.807, 2.05) is 25.1 Å². The average Bonchev–Trinajstić information content (AvgIpc) is 3.31. The highest BCUT2D eigenvalue weighted by molar-refractivity contribution is 7.88. The van der Waals surface area contributed by atoms with E-state index in [1.54, 1.807) is 38.1 Å². The second kappa shape index (κ2) is 9.32. The molecular formula is C22H26N2O5S. The van der Waals surface area contributed by atoms with Gasteiger partial charge in [0.1, 0.15) is 11.5 Å². The Hall–Kier alpha value is -2.84. The largest absolute Gasteiger partial charge is 0.468 e. The third kappa shape index (κ3) is 5.01. The van der Waals surface area contributed by atoms with E-state index in [0.29, 0.717) is 22.6 Å². The van der Waals surface area contributed by atoms with Crippen LogP contribution in [0.5, 0.6) is 0 Å². The molecule has 0 amide bonds. The van der Waals surface area contributed by atoms with Crippen LogP contribution in [-0.4, -0.2) is 30.3 Å². The molecule has 0 fully saturated rings. The summed E-state index contributed by atoms with van der Waals surface area (Å²) in [7, 11) is -3.66. The Morgan fingerprint density at radius 1 is 1.10 bits per heavy atom. The number of carbonyl (C=O) groups is 1. The number of aromatic nitrogens is 1. The number of benzene rings is 1. The number of hydrogen-bond donors (Lipinski definition) is 1. The topological polar surface area (TPSA) is 92.6 Å². The maximum Gasteiger partial charge on any atom is 0.355 e. The summed E-state index contributed by atoms with van der Waals surface area (Å²) in [6.45, 7) is 5.83. The van der Waals surface area contributed by atoms with Gasteiger partial charge in [0.15, 0.2) is 0 Å². The Kier molecular flexibility index (Phi) is 6.79. The number of H-pyrrole nitrogens is 1. The second-order valence-corrected chi connectivity index (χ2v) is 9.01. The van der Waals surface area contributed by atoms with Gasteiger partial charge in [-0.2, -0.15) is 4.31 Å². The Labute approximate surface area is 176 Å². The number of hydrogen-bond acceptors (Lipinski definition) is 5. The predicted octanol–water partition coefficient (Wildman–Crippen LogP) is 3.93. The van der Waals surface area contributed by atoms with Crippen molar-refractivity contribution in [1.82, 2.24) is 9.29 Å². The van der Waals surface area contributed by atoms with Crippen LogP contribution in [-0.2, 0) is 33.6 Å². The molecule has 2 heterocycles. The molecule has 0 aliphatic carbocycles. The first-order valence-electron chi connectivity index (χ1n) is 9.71. The van der Waals surface area contributed by atoms with Crippen LogP contribution >= 0.6 is 0 Å². The minimum atomic E-state index is -3.66. The number of sulfonamides is 1. The van der Waals surface area contributed by atoms with E-state index in [-0.39, 0.29) is 25.4 Å². The maximum absolute atomic E-state index is 13.3. The maximum atomic E-state index is 13.3. The molecule has 0 spiro atoms. The molecule has 0 saturated carbocycles. The molecule has 8 heteroatoms. The van der Waals surface area contributed by atoms with E-state index in [2.05, 4.69) is 4.98 Å². The third-order valence-electron chi connectivity index (χ3n) is 4.90. The van der Waals surface area contributed by atoms with Crippen molar-refractivity contribution in [2.75, 3.05) is 6.61 Å². The van der Waals surface area contributed by atoms with Gasteiger partial charge < -0.3 is 14.1 Å². The van der Waals surface area contributed by atoms with Gasteiger partial charge in [0.25, 0.3) is 0 Å². The first kappa shape index (κ1) is 21.9. The standard InChI is InChI=1S/C22H26N2O5S/c1-4-28-22(25)21-16(2)20(17(3)23-21)14-24(13-19-11-8-12-29-19)30(26,27)15-18-9-6-5-7-10-18/h5-12,23H,4,13-15H2,1-3H3.